The molecular formula is C15H18BrF2N3. The first-order valence-electron chi connectivity index (χ1n) is 6.80. The van der Waals surface area contributed by atoms with Crippen LogP contribution in [0.2, 0.25) is 0 Å². The van der Waals surface area contributed by atoms with Gasteiger partial charge in [-0.05, 0) is 35.5 Å². The van der Waals surface area contributed by atoms with E-state index in [0.29, 0.717) is 18.5 Å². The Labute approximate surface area is 131 Å². The summed E-state index contributed by atoms with van der Waals surface area (Å²) in [5, 5.41) is 7.59. The predicted molar refractivity (Wildman–Crippen MR) is 82.1 cm³/mol. The summed E-state index contributed by atoms with van der Waals surface area (Å²) in [7, 11) is 1.86. The number of aryl methyl sites for hydroxylation is 2. The summed E-state index contributed by atoms with van der Waals surface area (Å²) in [5.41, 5.74) is 2.33. The van der Waals surface area contributed by atoms with Crippen molar-refractivity contribution in [3.63, 3.8) is 0 Å². The number of likely N-dealkylation sites (N-methyl/N-ethyl adjacent to an activating group) is 1. The quantitative estimate of drug-likeness (QED) is 0.884. The summed E-state index contributed by atoms with van der Waals surface area (Å²) in [6, 6.07) is 3.46. The largest absolute Gasteiger partial charge is 0.310 e. The molecule has 1 atom stereocenters. The van der Waals surface area contributed by atoms with Gasteiger partial charge >= 0.3 is 0 Å². The van der Waals surface area contributed by atoms with Crippen LogP contribution in [0.4, 0.5) is 8.78 Å². The topological polar surface area (TPSA) is 29.9 Å². The molecule has 1 unspecified atom stereocenters. The van der Waals surface area contributed by atoms with Gasteiger partial charge in [0.15, 0.2) is 0 Å². The van der Waals surface area contributed by atoms with Crippen LogP contribution < -0.4 is 5.32 Å². The third-order valence-corrected chi connectivity index (χ3v) is 4.48. The van der Waals surface area contributed by atoms with Gasteiger partial charge in [-0.1, -0.05) is 13.0 Å². The molecule has 0 aliphatic heterocycles. The zero-order valence-electron chi connectivity index (χ0n) is 12.3. The van der Waals surface area contributed by atoms with Crippen molar-refractivity contribution in [2.75, 3.05) is 6.54 Å². The van der Waals surface area contributed by atoms with Gasteiger partial charge in [0.25, 0.3) is 0 Å². The van der Waals surface area contributed by atoms with E-state index >= 15 is 0 Å². The molecule has 0 fully saturated rings. The molecule has 1 aromatic heterocycles. The number of nitrogens with one attached hydrogen (secondary N) is 1. The molecule has 21 heavy (non-hydrogen) atoms. The highest BCUT2D eigenvalue weighted by molar-refractivity contribution is 9.10. The van der Waals surface area contributed by atoms with Gasteiger partial charge in [-0.25, -0.2) is 8.78 Å². The first kappa shape index (κ1) is 16.1. The Balaban J connectivity index is 2.35. The Morgan fingerprint density at radius 3 is 2.62 bits per heavy atom. The van der Waals surface area contributed by atoms with Crippen molar-refractivity contribution in [3.8, 4) is 0 Å². The first-order chi connectivity index (χ1) is 9.93. The fourth-order valence-corrected chi connectivity index (χ4v) is 2.92. The second-order valence-corrected chi connectivity index (χ2v) is 5.74. The van der Waals surface area contributed by atoms with E-state index in [-0.39, 0.29) is 6.04 Å². The van der Waals surface area contributed by atoms with Crippen LogP contribution in [0.25, 0.3) is 0 Å². The average molecular weight is 358 g/mol. The molecular weight excluding hydrogens is 340 g/mol. The molecule has 0 radical (unpaired) electrons. The molecule has 0 bridgehead atoms. The second-order valence-electron chi connectivity index (χ2n) is 4.95. The standard InChI is InChI=1S/C15H18BrF2N3/c1-4-19-13(11-6-5-10(17)7-12(11)18)8-14-15(16)9(2)20-21(14)3/h5-7,13,19H,4,8H2,1-3H3. The van der Waals surface area contributed by atoms with Crippen molar-refractivity contribution in [1.29, 1.82) is 0 Å². The average Bonchev–Trinajstić information content (AvgIpc) is 2.65. The molecule has 0 saturated heterocycles. The van der Waals surface area contributed by atoms with Gasteiger partial charge in [0, 0.05) is 31.1 Å². The minimum Gasteiger partial charge on any atom is -0.310 e. The fourth-order valence-electron chi connectivity index (χ4n) is 2.42. The molecule has 0 saturated carbocycles. The van der Waals surface area contributed by atoms with E-state index in [9.17, 15) is 8.78 Å². The Hall–Kier alpha value is -1.27. The molecule has 0 aliphatic carbocycles. The summed E-state index contributed by atoms with van der Waals surface area (Å²) in [6.07, 6.45) is 0.564. The molecule has 6 heteroatoms. The summed E-state index contributed by atoms with van der Waals surface area (Å²) >= 11 is 3.52. The van der Waals surface area contributed by atoms with Crippen molar-refractivity contribution in [2.24, 2.45) is 7.05 Å². The summed E-state index contributed by atoms with van der Waals surface area (Å²) in [5.74, 6) is -1.10. The van der Waals surface area contributed by atoms with Crippen molar-refractivity contribution < 1.29 is 8.78 Å². The summed E-state index contributed by atoms with van der Waals surface area (Å²) < 4.78 is 29.8. The van der Waals surface area contributed by atoms with E-state index in [1.54, 1.807) is 4.68 Å². The van der Waals surface area contributed by atoms with Gasteiger partial charge in [-0.2, -0.15) is 5.10 Å². The lowest BCUT2D eigenvalue weighted by atomic mass is 10.0. The zero-order valence-corrected chi connectivity index (χ0v) is 13.8. The number of aromatic nitrogens is 2. The van der Waals surface area contributed by atoms with E-state index < -0.39 is 11.6 Å². The SMILES string of the molecule is CCNC(Cc1c(Br)c(C)nn1C)c1ccc(F)cc1F. The molecule has 0 aliphatic rings. The Morgan fingerprint density at radius 2 is 2.10 bits per heavy atom. The lowest BCUT2D eigenvalue weighted by Crippen LogP contribution is -2.25. The van der Waals surface area contributed by atoms with E-state index in [4.69, 9.17) is 0 Å². The van der Waals surface area contributed by atoms with Crippen molar-refractivity contribution >= 4 is 15.9 Å². The maximum absolute atomic E-state index is 14.0. The summed E-state index contributed by atoms with van der Waals surface area (Å²) in [4.78, 5) is 0. The number of benzene rings is 1. The van der Waals surface area contributed by atoms with Crippen molar-refractivity contribution in [3.05, 3.63) is 51.3 Å². The zero-order chi connectivity index (χ0) is 15.6. The van der Waals surface area contributed by atoms with Gasteiger partial charge in [0.1, 0.15) is 11.6 Å². The van der Waals surface area contributed by atoms with Crippen molar-refractivity contribution in [1.82, 2.24) is 15.1 Å². The highest BCUT2D eigenvalue weighted by atomic mass is 79.9. The number of rotatable bonds is 5. The molecule has 1 heterocycles. The molecule has 1 aromatic carbocycles. The molecule has 1 N–H and O–H groups in total. The molecule has 0 spiro atoms. The molecule has 2 aromatic rings. The number of hydrogen-bond acceptors (Lipinski definition) is 2. The second kappa shape index (κ2) is 6.66. The fraction of sp³-hybridized carbons (Fsp3) is 0.400. The molecule has 2 rings (SSSR count). The molecule has 3 nitrogen and oxygen atoms in total. The van der Waals surface area contributed by atoms with E-state index in [1.165, 1.54) is 12.1 Å². The third kappa shape index (κ3) is 3.49. The van der Waals surface area contributed by atoms with Crippen LogP contribution in [0.1, 0.15) is 29.9 Å². The molecule has 0 amide bonds. The molecule has 114 valence electrons. The van der Waals surface area contributed by atoms with Crippen molar-refractivity contribution in [2.45, 2.75) is 26.3 Å². The Kier molecular flexibility index (Phi) is 5.11. The first-order valence-corrected chi connectivity index (χ1v) is 7.59. The van der Waals surface area contributed by atoms with Crippen LogP contribution in [0.15, 0.2) is 22.7 Å². The Morgan fingerprint density at radius 1 is 1.38 bits per heavy atom. The van der Waals surface area contributed by atoms with Crippen LogP contribution in [-0.4, -0.2) is 16.3 Å². The number of hydrogen-bond donors (Lipinski definition) is 1. The maximum atomic E-state index is 14.0. The van der Waals surface area contributed by atoms with Crippen LogP contribution in [0, 0.1) is 18.6 Å². The minimum absolute atomic E-state index is 0.235. The third-order valence-electron chi connectivity index (χ3n) is 3.45. The van der Waals surface area contributed by atoms with Gasteiger partial charge in [-0.15, -0.1) is 0 Å². The number of halogens is 3. The van der Waals surface area contributed by atoms with Crippen LogP contribution in [-0.2, 0) is 13.5 Å². The van der Waals surface area contributed by atoms with E-state index in [0.717, 1.165) is 21.9 Å². The normalized spacial score (nSPS) is 12.7. The maximum Gasteiger partial charge on any atom is 0.130 e. The highest BCUT2D eigenvalue weighted by Crippen LogP contribution is 2.27. The van der Waals surface area contributed by atoms with Crippen LogP contribution in [0.5, 0.6) is 0 Å². The van der Waals surface area contributed by atoms with Gasteiger partial charge in [-0.3, -0.25) is 4.68 Å². The van der Waals surface area contributed by atoms with Gasteiger partial charge < -0.3 is 5.32 Å². The van der Waals surface area contributed by atoms with Crippen LogP contribution in [0.3, 0.4) is 0 Å². The van der Waals surface area contributed by atoms with Gasteiger partial charge in [0.05, 0.1) is 15.9 Å². The lowest BCUT2D eigenvalue weighted by molar-refractivity contribution is 0.490. The smallest absolute Gasteiger partial charge is 0.130 e. The lowest BCUT2D eigenvalue weighted by Gasteiger charge is -2.19. The minimum atomic E-state index is -0.566. The van der Waals surface area contributed by atoms with E-state index in [2.05, 4.69) is 26.3 Å². The monoisotopic (exact) mass is 357 g/mol. The highest BCUT2D eigenvalue weighted by Gasteiger charge is 2.20. The predicted octanol–water partition coefficient (Wildman–Crippen LogP) is 3.66. The van der Waals surface area contributed by atoms with Crippen LogP contribution >= 0.6 is 15.9 Å². The van der Waals surface area contributed by atoms with Gasteiger partial charge in [0.2, 0.25) is 0 Å². The van der Waals surface area contributed by atoms with E-state index in [1.807, 2.05) is 20.9 Å². The Bertz CT molecular complexity index is 640. The number of nitrogens with zero attached hydrogens (tertiary/aromatic N) is 2. The summed E-state index contributed by atoms with van der Waals surface area (Å²) in [6.45, 7) is 4.56.